The molecule has 1 aromatic heterocycles. The predicted octanol–water partition coefficient (Wildman–Crippen LogP) is 4.78. The smallest absolute Gasteiger partial charge is 0.224 e. The molecule has 0 bridgehead atoms. The Kier molecular flexibility index (Phi) is 7.88. The van der Waals surface area contributed by atoms with Crippen molar-refractivity contribution in [2.45, 2.75) is 45.6 Å². The molecule has 0 spiro atoms. The fraction of sp³-hybridized carbons (Fsp3) is 0.474. The number of nitrogens with zero attached hydrogens (tertiary/aromatic N) is 1. The molecule has 1 atom stereocenters. The lowest BCUT2D eigenvalue weighted by atomic mass is 10.1. The van der Waals surface area contributed by atoms with Crippen molar-refractivity contribution in [1.29, 1.82) is 0 Å². The summed E-state index contributed by atoms with van der Waals surface area (Å²) in [5, 5.41) is 9.17. The zero-order valence-corrected chi connectivity index (χ0v) is 16.0. The van der Waals surface area contributed by atoms with E-state index in [9.17, 15) is 4.79 Å². The first-order chi connectivity index (χ1) is 12.1. The van der Waals surface area contributed by atoms with Gasteiger partial charge in [0, 0.05) is 36.2 Å². The van der Waals surface area contributed by atoms with Gasteiger partial charge in [0.15, 0.2) is 5.13 Å². The summed E-state index contributed by atoms with van der Waals surface area (Å²) in [5.41, 5.74) is 2.79. The van der Waals surface area contributed by atoms with Crippen LogP contribution in [-0.2, 0) is 9.53 Å². The van der Waals surface area contributed by atoms with E-state index in [2.05, 4.69) is 29.5 Å². The van der Waals surface area contributed by atoms with E-state index in [-0.39, 0.29) is 11.9 Å². The largest absolute Gasteiger partial charge is 0.383 e. The van der Waals surface area contributed by atoms with Crippen LogP contribution in [0.1, 0.15) is 39.5 Å². The molecule has 0 aliphatic heterocycles. The second kappa shape index (κ2) is 10.2. The van der Waals surface area contributed by atoms with Gasteiger partial charge in [0.2, 0.25) is 5.91 Å². The Balaban J connectivity index is 1.91. The highest BCUT2D eigenvalue weighted by molar-refractivity contribution is 7.14. The number of ether oxygens (including phenoxy) is 1. The first-order valence-electron chi connectivity index (χ1n) is 8.73. The molecule has 1 heterocycles. The zero-order chi connectivity index (χ0) is 18.1. The number of carbonyl (C=O) groups is 1. The number of carbonyl (C=O) groups excluding carboxylic acids is 1. The molecule has 0 aliphatic rings. The topological polar surface area (TPSA) is 63.2 Å². The first-order valence-corrected chi connectivity index (χ1v) is 9.61. The molecule has 1 amide bonds. The van der Waals surface area contributed by atoms with Crippen molar-refractivity contribution in [3.05, 3.63) is 29.6 Å². The third-order valence-electron chi connectivity index (χ3n) is 3.76. The van der Waals surface area contributed by atoms with Gasteiger partial charge in [-0.05, 0) is 25.5 Å². The van der Waals surface area contributed by atoms with Crippen LogP contribution < -0.4 is 10.6 Å². The highest BCUT2D eigenvalue weighted by Crippen LogP contribution is 2.26. The van der Waals surface area contributed by atoms with Crippen LogP contribution in [0.5, 0.6) is 0 Å². The predicted molar refractivity (Wildman–Crippen MR) is 105 cm³/mol. The molecule has 6 heteroatoms. The normalized spacial score (nSPS) is 12.0. The maximum absolute atomic E-state index is 11.9. The lowest BCUT2D eigenvalue weighted by Gasteiger charge is -2.10. The van der Waals surface area contributed by atoms with Crippen LogP contribution in [0.15, 0.2) is 29.6 Å². The minimum Gasteiger partial charge on any atom is -0.383 e. The Morgan fingerprint density at radius 3 is 2.72 bits per heavy atom. The lowest BCUT2D eigenvalue weighted by Crippen LogP contribution is -2.20. The summed E-state index contributed by atoms with van der Waals surface area (Å²) in [6.07, 6.45) is 3.74. The van der Waals surface area contributed by atoms with Crippen molar-refractivity contribution in [2.24, 2.45) is 0 Å². The van der Waals surface area contributed by atoms with E-state index >= 15 is 0 Å². The number of rotatable bonds is 10. The number of aromatic nitrogens is 1. The average Bonchev–Trinajstić information content (AvgIpc) is 3.04. The Morgan fingerprint density at radius 1 is 1.28 bits per heavy atom. The third-order valence-corrected chi connectivity index (χ3v) is 4.54. The average molecular weight is 362 g/mol. The summed E-state index contributed by atoms with van der Waals surface area (Å²) >= 11 is 1.58. The van der Waals surface area contributed by atoms with Gasteiger partial charge in [0.1, 0.15) is 0 Å². The molecule has 2 rings (SSSR count). The number of anilines is 2. The second-order valence-corrected chi connectivity index (χ2v) is 6.98. The Bertz CT molecular complexity index is 655. The summed E-state index contributed by atoms with van der Waals surface area (Å²) in [4.78, 5) is 16.5. The van der Waals surface area contributed by atoms with Gasteiger partial charge in [-0.15, -0.1) is 11.3 Å². The van der Waals surface area contributed by atoms with E-state index in [4.69, 9.17) is 4.74 Å². The minimum absolute atomic E-state index is 0.0773. The molecule has 2 aromatic rings. The molecule has 136 valence electrons. The van der Waals surface area contributed by atoms with E-state index in [1.807, 2.05) is 29.6 Å². The summed E-state index contributed by atoms with van der Waals surface area (Å²) in [7, 11) is 1.69. The molecule has 0 aliphatic carbocycles. The molecule has 0 fully saturated rings. The van der Waals surface area contributed by atoms with Crippen LogP contribution >= 0.6 is 11.3 Å². The lowest BCUT2D eigenvalue weighted by molar-refractivity contribution is -0.116. The van der Waals surface area contributed by atoms with E-state index in [1.54, 1.807) is 18.4 Å². The van der Waals surface area contributed by atoms with Crippen LogP contribution in [0.3, 0.4) is 0 Å². The summed E-state index contributed by atoms with van der Waals surface area (Å²) in [6.45, 7) is 4.83. The summed E-state index contributed by atoms with van der Waals surface area (Å²) in [6, 6.07) is 8.03. The van der Waals surface area contributed by atoms with Crippen molar-refractivity contribution < 1.29 is 9.53 Å². The molecule has 5 nitrogen and oxygen atoms in total. The molecular formula is C19H27N3O2S. The van der Waals surface area contributed by atoms with Gasteiger partial charge in [0.05, 0.1) is 12.3 Å². The van der Waals surface area contributed by atoms with Crippen LogP contribution in [0.2, 0.25) is 0 Å². The Labute approximate surface area is 153 Å². The van der Waals surface area contributed by atoms with E-state index in [0.29, 0.717) is 13.0 Å². The molecule has 0 radical (unpaired) electrons. The Hall–Kier alpha value is -1.92. The van der Waals surface area contributed by atoms with Gasteiger partial charge in [-0.2, -0.15) is 0 Å². The van der Waals surface area contributed by atoms with Gasteiger partial charge < -0.3 is 15.4 Å². The fourth-order valence-corrected chi connectivity index (χ4v) is 3.29. The number of benzene rings is 1. The van der Waals surface area contributed by atoms with Crippen molar-refractivity contribution in [2.75, 3.05) is 24.4 Å². The van der Waals surface area contributed by atoms with Crippen molar-refractivity contribution in [1.82, 2.24) is 4.98 Å². The van der Waals surface area contributed by atoms with Crippen LogP contribution in [0.25, 0.3) is 11.3 Å². The number of methoxy groups -OCH3 is 1. The van der Waals surface area contributed by atoms with Crippen LogP contribution in [-0.4, -0.2) is 30.6 Å². The SMILES string of the molecule is CCCCCC(=O)Nc1ccc(-c2csc(N[C@@H](C)COC)n2)cc1. The molecule has 2 N–H and O–H groups in total. The summed E-state index contributed by atoms with van der Waals surface area (Å²) in [5.74, 6) is 0.0773. The molecule has 0 unspecified atom stereocenters. The number of hydrogen-bond acceptors (Lipinski definition) is 5. The summed E-state index contributed by atoms with van der Waals surface area (Å²) < 4.78 is 5.12. The zero-order valence-electron chi connectivity index (χ0n) is 15.2. The van der Waals surface area contributed by atoms with Gasteiger partial charge in [-0.1, -0.05) is 31.9 Å². The first kappa shape index (κ1) is 19.4. The van der Waals surface area contributed by atoms with Gasteiger partial charge in [-0.25, -0.2) is 4.98 Å². The van der Waals surface area contributed by atoms with E-state index in [0.717, 1.165) is 41.3 Å². The molecular weight excluding hydrogens is 334 g/mol. The highest BCUT2D eigenvalue weighted by atomic mass is 32.1. The Morgan fingerprint density at radius 2 is 2.04 bits per heavy atom. The molecule has 0 saturated carbocycles. The van der Waals surface area contributed by atoms with Gasteiger partial charge in [-0.3, -0.25) is 4.79 Å². The fourth-order valence-electron chi connectivity index (χ4n) is 2.46. The number of amides is 1. The molecule has 25 heavy (non-hydrogen) atoms. The minimum atomic E-state index is 0.0773. The monoisotopic (exact) mass is 361 g/mol. The maximum Gasteiger partial charge on any atom is 0.224 e. The van der Waals surface area contributed by atoms with Crippen molar-refractivity contribution in [3.8, 4) is 11.3 Å². The number of unbranched alkanes of at least 4 members (excludes halogenated alkanes) is 2. The quantitative estimate of drug-likeness (QED) is 0.598. The van der Waals surface area contributed by atoms with Crippen molar-refractivity contribution in [3.63, 3.8) is 0 Å². The second-order valence-electron chi connectivity index (χ2n) is 6.12. The number of hydrogen-bond donors (Lipinski definition) is 2. The third kappa shape index (κ3) is 6.48. The number of nitrogens with one attached hydrogen (secondary N) is 2. The highest BCUT2D eigenvalue weighted by Gasteiger charge is 2.08. The molecule has 1 aromatic carbocycles. The van der Waals surface area contributed by atoms with Gasteiger partial charge in [0.25, 0.3) is 0 Å². The van der Waals surface area contributed by atoms with Crippen LogP contribution in [0, 0.1) is 0 Å². The van der Waals surface area contributed by atoms with Gasteiger partial charge >= 0.3 is 0 Å². The van der Waals surface area contributed by atoms with Crippen LogP contribution in [0.4, 0.5) is 10.8 Å². The molecule has 0 saturated heterocycles. The van der Waals surface area contributed by atoms with Crippen molar-refractivity contribution >= 4 is 28.1 Å². The standard InChI is InChI=1S/C19H27N3O2S/c1-4-5-6-7-18(23)21-16-10-8-15(9-11-16)17-13-25-19(22-17)20-14(2)12-24-3/h8-11,13-14H,4-7,12H2,1-3H3,(H,20,22)(H,21,23)/t14-/m0/s1. The van der Waals surface area contributed by atoms with E-state index < -0.39 is 0 Å². The number of thiazole rings is 1. The van der Waals surface area contributed by atoms with E-state index in [1.165, 1.54) is 0 Å². The maximum atomic E-state index is 11.9.